The molecule has 2 atom stereocenters. The van der Waals surface area contributed by atoms with Crippen molar-refractivity contribution < 1.29 is 0 Å². The fraction of sp³-hybridized carbons (Fsp3) is 0.647. The van der Waals surface area contributed by atoms with E-state index >= 15 is 0 Å². The normalized spacial score (nSPS) is 14.2. The first-order valence-corrected chi connectivity index (χ1v) is 7.58. The highest BCUT2D eigenvalue weighted by Gasteiger charge is 2.09. The van der Waals surface area contributed by atoms with Gasteiger partial charge < -0.3 is 10.2 Å². The topological polar surface area (TPSA) is 15.3 Å². The highest BCUT2D eigenvalue weighted by atomic mass is 15.1. The molecule has 2 unspecified atom stereocenters. The molecule has 19 heavy (non-hydrogen) atoms. The van der Waals surface area contributed by atoms with Crippen molar-refractivity contribution in [2.75, 3.05) is 19.0 Å². The minimum absolute atomic E-state index is 0.424. The van der Waals surface area contributed by atoms with Gasteiger partial charge in [-0.25, -0.2) is 0 Å². The van der Waals surface area contributed by atoms with Crippen LogP contribution in [-0.2, 0) is 0 Å². The fourth-order valence-electron chi connectivity index (χ4n) is 2.37. The second kappa shape index (κ2) is 8.21. The largest absolute Gasteiger partial charge is 0.378 e. The van der Waals surface area contributed by atoms with Crippen LogP contribution in [0.4, 0.5) is 5.69 Å². The van der Waals surface area contributed by atoms with Gasteiger partial charge in [0.05, 0.1) is 0 Å². The van der Waals surface area contributed by atoms with Gasteiger partial charge in [0.1, 0.15) is 0 Å². The molecule has 0 aliphatic rings. The van der Waals surface area contributed by atoms with Crippen LogP contribution in [0.5, 0.6) is 0 Å². The van der Waals surface area contributed by atoms with Gasteiger partial charge in [-0.15, -0.1) is 0 Å². The number of nitrogens with zero attached hydrogens (tertiary/aromatic N) is 1. The van der Waals surface area contributed by atoms with E-state index in [0.717, 1.165) is 0 Å². The molecule has 0 spiro atoms. The summed E-state index contributed by atoms with van der Waals surface area (Å²) < 4.78 is 0. The van der Waals surface area contributed by atoms with Gasteiger partial charge in [-0.05, 0) is 38.0 Å². The highest BCUT2D eigenvalue weighted by Crippen LogP contribution is 2.18. The van der Waals surface area contributed by atoms with Crippen molar-refractivity contribution in [2.24, 2.45) is 0 Å². The molecule has 1 N–H and O–H groups in total. The Hall–Kier alpha value is -1.02. The molecule has 0 aliphatic carbocycles. The van der Waals surface area contributed by atoms with E-state index in [9.17, 15) is 0 Å². The average molecular weight is 262 g/mol. The summed E-state index contributed by atoms with van der Waals surface area (Å²) in [4.78, 5) is 2.13. The van der Waals surface area contributed by atoms with E-state index in [1.54, 1.807) is 0 Å². The van der Waals surface area contributed by atoms with Gasteiger partial charge in [0.15, 0.2) is 0 Å². The van der Waals surface area contributed by atoms with Crippen molar-refractivity contribution >= 4 is 5.69 Å². The minimum Gasteiger partial charge on any atom is -0.378 e. The first-order valence-electron chi connectivity index (χ1n) is 7.58. The molecule has 0 aromatic heterocycles. The number of unbranched alkanes of at least 4 members (excludes halogenated alkanes) is 2. The highest BCUT2D eigenvalue weighted by molar-refractivity contribution is 5.46. The second-order valence-corrected chi connectivity index (χ2v) is 5.77. The van der Waals surface area contributed by atoms with Crippen LogP contribution in [0, 0.1) is 0 Å². The van der Waals surface area contributed by atoms with Crippen molar-refractivity contribution in [3.63, 3.8) is 0 Å². The Bertz CT molecular complexity index is 343. The third-order valence-corrected chi connectivity index (χ3v) is 3.68. The lowest BCUT2D eigenvalue weighted by molar-refractivity contribution is 0.440. The second-order valence-electron chi connectivity index (χ2n) is 5.77. The quantitative estimate of drug-likeness (QED) is 0.700. The summed E-state index contributed by atoms with van der Waals surface area (Å²) in [5, 5.41) is 3.69. The number of anilines is 1. The molecule has 1 aromatic carbocycles. The van der Waals surface area contributed by atoms with Crippen LogP contribution in [-0.4, -0.2) is 20.1 Å². The molecule has 2 heteroatoms. The summed E-state index contributed by atoms with van der Waals surface area (Å²) in [6.45, 7) is 6.80. The lowest BCUT2D eigenvalue weighted by atomic mass is 10.0. The van der Waals surface area contributed by atoms with Crippen LogP contribution < -0.4 is 10.2 Å². The molecule has 0 aliphatic heterocycles. The summed E-state index contributed by atoms with van der Waals surface area (Å²) in [7, 11) is 4.15. The Balaban J connectivity index is 2.46. The van der Waals surface area contributed by atoms with Crippen LogP contribution in [0.1, 0.15) is 58.1 Å². The Morgan fingerprint density at radius 2 is 1.68 bits per heavy atom. The molecule has 2 nitrogen and oxygen atoms in total. The zero-order valence-electron chi connectivity index (χ0n) is 13.2. The SMILES string of the molecule is CCCCCC(C)NC(C)c1ccc(N(C)C)cc1. The Kier molecular flexibility index (Phi) is 6.93. The predicted octanol–water partition coefficient (Wildman–Crippen LogP) is 4.37. The van der Waals surface area contributed by atoms with E-state index in [1.165, 1.54) is 36.9 Å². The van der Waals surface area contributed by atoms with Gasteiger partial charge in [0.2, 0.25) is 0 Å². The molecule has 0 saturated heterocycles. The molecule has 1 aromatic rings. The monoisotopic (exact) mass is 262 g/mol. The zero-order chi connectivity index (χ0) is 14.3. The maximum atomic E-state index is 3.69. The number of nitrogens with one attached hydrogen (secondary N) is 1. The Morgan fingerprint density at radius 3 is 2.21 bits per heavy atom. The van der Waals surface area contributed by atoms with Crippen LogP contribution in [0.2, 0.25) is 0 Å². The van der Waals surface area contributed by atoms with Crippen LogP contribution in [0.15, 0.2) is 24.3 Å². The van der Waals surface area contributed by atoms with Crippen molar-refractivity contribution in [2.45, 2.75) is 58.5 Å². The fourth-order valence-corrected chi connectivity index (χ4v) is 2.37. The summed E-state index contributed by atoms with van der Waals surface area (Å²) in [5.74, 6) is 0. The number of rotatable bonds is 8. The third-order valence-electron chi connectivity index (χ3n) is 3.68. The molecular formula is C17H30N2. The molecule has 0 heterocycles. The maximum Gasteiger partial charge on any atom is 0.0361 e. The maximum absolute atomic E-state index is 3.69. The molecule has 108 valence electrons. The lowest BCUT2D eigenvalue weighted by Crippen LogP contribution is -2.28. The van der Waals surface area contributed by atoms with Crippen LogP contribution in [0.3, 0.4) is 0 Å². The van der Waals surface area contributed by atoms with Gasteiger partial charge in [-0.2, -0.15) is 0 Å². The summed E-state index contributed by atoms with van der Waals surface area (Å²) in [6, 6.07) is 9.85. The first-order chi connectivity index (χ1) is 9.04. The van der Waals surface area contributed by atoms with Gasteiger partial charge in [0.25, 0.3) is 0 Å². The van der Waals surface area contributed by atoms with Crippen molar-refractivity contribution in [1.82, 2.24) is 5.32 Å². The van der Waals surface area contributed by atoms with Crippen LogP contribution in [0.25, 0.3) is 0 Å². The van der Waals surface area contributed by atoms with E-state index < -0.39 is 0 Å². The molecule has 1 rings (SSSR count). The van der Waals surface area contributed by atoms with E-state index in [4.69, 9.17) is 0 Å². The van der Waals surface area contributed by atoms with Crippen molar-refractivity contribution in [3.05, 3.63) is 29.8 Å². The standard InChI is InChI=1S/C17H30N2/c1-6-7-8-9-14(2)18-15(3)16-10-12-17(13-11-16)19(4)5/h10-15,18H,6-9H2,1-5H3. The lowest BCUT2D eigenvalue weighted by Gasteiger charge is -2.21. The molecular weight excluding hydrogens is 232 g/mol. The Labute approximate surface area is 119 Å². The van der Waals surface area contributed by atoms with Crippen molar-refractivity contribution in [1.29, 1.82) is 0 Å². The van der Waals surface area contributed by atoms with Gasteiger partial charge >= 0.3 is 0 Å². The van der Waals surface area contributed by atoms with E-state index in [2.05, 4.69) is 69.3 Å². The summed E-state index contributed by atoms with van der Waals surface area (Å²) in [5.41, 5.74) is 2.62. The minimum atomic E-state index is 0.424. The number of hydrogen-bond acceptors (Lipinski definition) is 2. The Morgan fingerprint density at radius 1 is 1.05 bits per heavy atom. The molecule has 0 saturated carbocycles. The van der Waals surface area contributed by atoms with Gasteiger partial charge in [-0.1, -0.05) is 38.3 Å². The third kappa shape index (κ3) is 5.65. The first kappa shape index (κ1) is 16.0. The van der Waals surface area contributed by atoms with Crippen LogP contribution >= 0.6 is 0 Å². The smallest absolute Gasteiger partial charge is 0.0361 e. The van der Waals surface area contributed by atoms with Gasteiger partial charge in [-0.3, -0.25) is 0 Å². The zero-order valence-corrected chi connectivity index (χ0v) is 13.2. The average Bonchev–Trinajstić information content (AvgIpc) is 2.39. The number of benzene rings is 1. The van der Waals surface area contributed by atoms with Crippen molar-refractivity contribution in [3.8, 4) is 0 Å². The van der Waals surface area contributed by atoms with E-state index in [0.29, 0.717) is 12.1 Å². The van der Waals surface area contributed by atoms with E-state index in [1.807, 2.05) is 0 Å². The molecule has 0 radical (unpaired) electrons. The summed E-state index contributed by atoms with van der Waals surface area (Å²) >= 11 is 0. The molecule has 0 bridgehead atoms. The molecule has 0 amide bonds. The van der Waals surface area contributed by atoms with Gasteiger partial charge in [0, 0.05) is 31.9 Å². The summed E-state index contributed by atoms with van der Waals surface area (Å²) in [6.07, 6.45) is 5.25. The predicted molar refractivity (Wildman–Crippen MR) is 85.9 cm³/mol. The number of hydrogen-bond donors (Lipinski definition) is 1. The molecule has 0 fully saturated rings. The van der Waals surface area contributed by atoms with E-state index in [-0.39, 0.29) is 0 Å².